The van der Waals surface area contributed by atoms with Gasteiger partial charge in [0.25, 0.3) is 10.0 Å². The molecular weight excluding hydrogens is 514 g/mol. The molecule has 0 aromatic heterocycles. The lowest BCUT2D eigenvalue weighted by molar-refractivity contribution is -0.139. The number of benzene rings is 3. The van der Waals surface area contributed by atoms with Gasteiger partial charge in [0.05, 0.1) is 17.7 Å². The van der Waals surface area contributed by atoms with Crippen LogP contribution in [0, 0.1) is 13.8 Å². The topological polar surface area (TPSA) is 96.0 Å². The molecule has 0 saturated carbocycles. The summed E-state index contributed by atoms with van der Waals surface area (Å²) in [6.07, 6.45) is 0.748. The molecule has 3 aromatic rings. The standard InChI is InChI=1S/C30H37N3O5S/c1-6-17-31-30(35)24(4)32(20-25-10-8-12-27(19-25)38-5)29(34)21-33(26-11-7-9-23(3)18-26)39(36,37)28-15-13-22(2)14-16-28/h7-16,18-19,24H,6,17,20-21H2,1-5H3,(H,31,35)/t24-/m0/s1. The summed E-state index contributed by atoms with van der Waals surface area (Å²) < 4.78 is 34.2. The van der Waals surface area contributed by atoms with Crippen LogP contribution in [0.1, 0.15) is 37.0 Å². The first kappa shape index (κ1) is 29.7. The van der Waals surface area contributed by atoms with Crippen LogP contribution in [0.25, 0.3) is 0 Å². The van der Waals surface area contributed by atoms with Gasteiger partial charge in [-0.15, -0.1) is 0 Å². The number of methoxy groups -OCH3 is 1. The fourth-order valence-electron chi connectivity index (χ4n) is 4.10. The van der Waals surface area contributed by atoms with Crippen LogP contribution in [0.5, 0.6) is 5.75 Å². The highest BCUT2D eigenvalue weighted by Gasteiger charge is 2.32. The van der Waals surface area contributed by atoms with Crippen molar-refractivity contribution in [1.29, 1.82) is 0 Å². The van der Waals surface area contributed by atoms with E-state index in [4.69, 9.17) is 4.74 Å². The number of anilines is 1. The van der Waals surface area contributed by atoms with Crippen LogP contribution in [0.3, 0.4) is 0 Å². The van der Waals surface area contributed by atoms with Crippen LogP contribution < -0.4 is 14.4 Å². The number of hydrogen-bond acceptors (Lipinski definition) is 5. The molecule has 0 unspecified atom stereocenters. The van der Waals surface area contributed by atoms with Gasteiger partial charge in [0, 0.05) is 13.1 Å². The first-order valence-corrected chi connectivity index (χ1v) is 14.4. The molecule has 2 amide bonds. The molecule has 1 atom stereocenters. The lowest BCUT2D eigenvalue weighted by Gasteiger charge is -2.32. The van der Waals surface area contributed by atoms with E-state index in [9.17, 15) is 18.0 Å². The Kier molecular flexibility index (Phi) is 10.1. The van der Waals surface area contributed by atoms with Crippen LogP contribution in [-0.2, 0) is 26.2 Å². The van der Waals surface area contributed by atoms with E-state index in [1.54, 1.807) is 62.6 Å². The van der Waals surface area contributed by atoms with Crippen molar-refractivity contribution in [3.05, 3.63) is 89.5 Å². The van der Waals surface area contributed by atoms with Gasteiger partial charge in [-0.05, 0) is 74.7 Å². The molecule has 0 fully saturated rings. The summed E-state index contributed by atoms with van der Waals surface area (Å²) in [6, 6.07) is 19.9. The van der Waals surface area contributed by atoms with Crippen LogP contribution in [0.4, 0.5) is 5.69 Å². The number of carbonyl (C=O) groups is 2. The molecule has 1 N–H and O–H groups in total. The van der Waals surface area contributed by atoms with E-state index < -0.39 is 28.5 Å². The number of aryl methyl sites for hydroxylation is 2. The largest absolute Gasteiger partial charge is 0.497 e. The highest BCUT2D eigenvalue weighted by atomic mass is 32.2. The Morgan fingerprint density at radius 2 is 1.64 bits per heavy atom. The van der Waals surface area contributed by atoms with E-state index in [2.05, 4.69) is 5.32 Å². The maximum atomic E-state index is 13.9. The minimum absolute atomic E-state index is 0.0792. The van der Waals surface area contributed by atoms with Gasteiger partial charge < -0.3 is 15.0 Å². The lowest BCUT2D eigenvalue weighted by Crippen LogP contribution is -2.51. The van der Waals surface area contributed by atoms with Crippen molar-refractivity contribution in [3.8, 4) is 5.75 Å². The molecule has 0 radical (unpaired) electrons. The van der Waals surface area contributed by atoms with E-state index in [-0.39, 0.29) is 17.3 Å². The first-order valence-electron chi connectivity index (χ1n) is 12.9. The van der Waals surface area contributed by atoms with Gasteiger partial charge in [-0.2, -0.15) is 0 Å². The van der Waals surface area contributed by atoms with Gasteiger partial charge in [-0.3, -0.25) is 13.9 Å². The third-order valence-corrected chi connectivity index (χ3v) is 8.17. The Morgan fingerprint density at radius 1 is 0.949 bits per heavy atom. The Morgan fingerprint density at radius 3 is 2.28 bits per heavy atom. The number of ether oxygens (including phenoxy) is 1. The second-order valence-electron chi connectivity index (χ2n) is 9.50. The Bertz CT molecular complexity index is 1390. The maximum absolute atomic E-state index is 13.9. The molecule has 208 valence electrons. The van der Waals surface area contributed by atoms with Crippen molar-refractivity contribution in [2.24, 2.45) is 0 Å². The minimum Gasteiger partial charge on any atom is -0.497 e. The molecule has 39 heavy (non-hydrogen) atoms. The van der Waals surface area contributed by atoms with Gasteiger partial charge >= 0.3 is 0 Å². The normalized spacial score (nSPS) is 11.9. The Hall–Kier alpha value is -3.85. The molecule has 0 spiro atoms. The number of sulfonamides is 1. The van der Waals surface area contributed by atoms with Crippen LogP contribution >= 0.6 is 0 Å². The second-order valence-corrected chi connectivity index (χ2v) is 11.4. The molecular formula is C30H37N3O5S. The number of rotatable bonds is 12. The van der Waals surface area contributed by atoms with Crippen molar-refractivity contribution in [1.82, 2.24) is 10.2 Å². The summed E-state index contributed by atoms with van der Waals surface area (Å²) >= 11 is 0. The molecule has 3 rings (SSSR count). The molecule has 9 heteroatoms. The van der Waals surface area contributed by atoms with Gasteiger partial charge in [-0.1, -0.05) is 48.9 Å². The number of carbonyl (C=O) groups excluding carboxylic acids is 2. The Balaban J connectivity index is 2.02. The predicted octanol–water partition coefficient (Wildman–Crippen LogP) is 4.45. The zero-order valence-electron chi connectivity index (χ0n) is 23.2. The number of nitrogens with zero attached hydrogens (tertiary/aromatic N) is 2. The van der Waals surface area contributed by atoms with Gasteiger partial charge in [0.1, 0.15) is 18.3 Å². The van der Waals surface area contributed by atoms with Crippen LogP contribution in [0.2, 0.25) is 0 Å². The van der Waals surface area contributed by atoms with Crippen molar-refractivity contribution < 1.29 is 22.7 Å². The molecule has 0 heterocycles. The van der Waals surface area contributed by atoms with E-state index in [1.165, 1.54) is 17.0 Å². The van der Waals surface area contributed by atoms with Crippen molar-refractivity contribution >= 4 is 27.5 Å². The molecule has 0 bridgehead atoms. The fourth-order valence-corrected chi connectivity index (χ4v) is 5.50. The number of amides is 2. The third-order valence-electron chi connectivity index (χ3n) is 6.38. The SMILES string of the molecule is CCCNC(=O)[C@H](C)N(Cc1cccc(OC)c1)C(=O)CN(c1cccc(C)c1)S(=O)(=O)c1ccc(C)cc1. The van der Waals surface area contributed by atoms with E-state index >= 15 is 0 Å². The van der Waals surface area contributed by atoms with Gasteiger partial charge in [0.2, 0.25) is 11.8 Å². The van der Waals surface area contributed by atoms with Gasteiger partial charge in [0.15, 0.2) is 0 Å². The van der Waals surface area contributed by atoms with E-state index in [0.717, 1.165) is 27.4 Å². The van der Waals surface area contributed by atoms with E-state index in [0.29, 0.717) is 18.0 Å². The van der Waals surface area contributed by atoms with Crippen molar-refractivity contribution in [2.75, 3.05) is 24.5 Å². The van der Waals surface area contributed by atoms with Crippen LogP contribution in [0.15, 0.2) is 77.7 Å². The minimum atomic E-state index is -4.09. The lowest BCUT2D eigenvalue weighted by atomic mass is 10.1. The first-order chi connectivity index (χ1) is 18.6. The van der Waals surface area contributed by atoms with E-state index in [1.807, 2.05) is 32.9 Å². The van der Waals surface area contributed by atoms with Crippen LogP contribution in [-0.4, -0.2) is 51.4 Å². The summed E-state index contributed by atoms with van der Waals surface area (Å²) in [5.41, 5.74) is 2.89. The van der Waals surface area contributed by atoms with Crippen molar-refractivity contribution in [3.63, 3.8) is 0 Å². The number of nitrogens with one attached hydrogen (secondary N) is 1. The predicted molar refractivity (Wildman–Crippen MR) is 153 cm³/mol. The molecule has 0 aliphatic rings. The third kappa shape index (κ3) is 7.60. The van der Waals surface area contributed by atoms with Crippen molar-refractivity contribution in [2.45, 2.75) is 51.6 Å². The molecule has 0 aliphatic heterocycles. The number of hydrogen-bond donors (Lipinski definition) is 1. The fraction of sp³-hybridized carbons (Fsp3) is 0.333. The zero-order valence-corrected chi connectivity index (χ0v) is 24.0. The van der Waals surface area contributed by atoms with Gasteiger partial charge in [-0.25, -0.2) is 8.42 Å². The summed E-state index contributed by atoms with van der Waals surface area (Å²) in [7, 11) is -2.54. The average Bonchev–Trinajstić information content (AvgIpc) is 2.93. The maximum Gasteiger partial charge on any atom is 0.264 e. The zero-order chi connectivity index (χ0) is 28.6. The highest BCUT2D eigenvalue weighted by molar-refractivity contribution is 7.92. The molecule has 3 aromatic carbocycles. The second kappa shape index (κ2) is 13.3. The molecule has 0 saturated heterocycles. The quantitative estimate of drug-likeness (QED) is 0.359. The molecule has 8 nitrogen and oxygen atoms in total. The monoisotopic (exact) mass is 551 g/mol. The summed E-state index contributed by atoms with van der Waals surface area (Å²) in [6.45, 7) is 7.42. The molecule has 0 aliphatic carbocycles. The smallest absolute Gasteiger partial charge is 0.264 e. The summed E-state index contributed by atoms with van der Waals surface area (Å²) in [5.74, 6) is -0.197. The summed E-state index contributed by atoms with van der Waals surface area (Å²) in [5, 5.41) is 2.84. The average molecular weight is 552 g/mol. The highest BCUT2D eigenvalue weighted by Crippen LogP contribution is 2.26. The summed E-state index contributed by atoms with van der Waals surface area (Å²) in [4.78, 5) is 28.4. The Labute approximate surface area is 231 Å².